The van der Waals surface area contributed by atoms with Gasteiger partial charge in [0.15, 0.2) is 0 Å². The minimum absolute atomic E-state index is 0.298. The highest BCUT2D eigenvalue weighted by molar-refractivity contribution is 5.38. The van der Waals surface area contributed by atoms with Crippen LogP contribution in [0, 0.1) is 17.8 Å². The summed E-state index contributed by atoms with van der Waals surface area (Å²) in [6.07, 6.45) is 19.6. The molecule has 4 rings (SSSR count). The molecule has 0 bridgehead atoms. The van der Waals surface area contributed by atoms with E-state index in [-0.39, 0.29) is 24.4 Å². The Labute approximate surface area is 388 Å². The van der Waals surface area contributed by atoms with Crippen molar-refractivity contribution in [2.75, 3.05) is 14.2 Å². The molecule has 0 radical (unpaired) electrons. The van der Waals surface area contributed by atoms with E-state index in [2.05, 4.69) is 50.0 Å². The van der Waals surface area contributed by atoms with Crippen LogP contribution in [-0.4, -0.2) is 73.5 Å². The van der Waals surface area contributed by atoms with Crippen molar-refractivity contribution in [2.45, 2.75) is 211 Å². The van der Waals surface area contributed by atoms with Gasteiger partial charge in [-0.1, -0.05) is 170 Å². The molecule has 64 heavy (non-hydrogen) atoms. The highest BCUT2D eigenvalue weighted by Gasteiger charge is 2.47. The normalized spacial score (nSPS) is 20.5. The van der Waals surface area contributed by atoms with E-state index in [1.807, 2.05) is 67.6 Å². The third-order valence-electron chi connectivity index (χ3n) is 12.8. The molecule has 3 aromatic carbocycles. The largest absolute Gasteiger partial charge is 0.462 e. The number of methoxy groups -OCH3 is 2. The topological polar surface area (TPSA) is 95.8 Å². The predicted molar refractivity (Wildman–Crippen MR) is 259 cm³/mol. The molecule has 8 heteroatoms. The Morgan fingerprint density at radius 1 is 0.609 bits per heavy atom. The molecule has 0 spiro atoms. The average molecular weight is 885 g/mol. The Kier molecular flexibility index (Phi) is 27.0. The number of hydrogen-bond donors (Lipinski definition) is 2. The molecular weight excluding hydrogens is 801 g/mol. The SMILES string of the molecule is CC[C@@H](OC)[C@@H](C)CCCC[C@@H](O)C[C@H](O)CCCCCCCCCCCCCCC#Cc1ccc(O[C@@H]2O[C@@H](C)[C@H](OCc3ccccc3)[C@@H](OCc3ccccc3)[C@H]2OC)cc1. The molecule has 1 saturated heterocycles. The first kappa shape index (κ1) is 53.4. The third-order valence-corrected chi connectivity index (χ3v) is 12.8. The lowest BCUT2D eigenvalue weighted by atomic mass is 9.94. The van der Waals surface area contributed by atoms with E-state index in [0.717, 1.165) is 74.5 Å². The minimum atomic E-state index is -0.681. The molecule has 9 atom stereocenters. The van der Waals surface area contributed by atoms with Gasteiger partial charge >= 0.3 is 0 Å². The van der Waals surface area contributed by atoms with E-state index in [1.165, 1.54) is 64.2 Å². The first-order valence-corrected chi connectivity index (χ1v) is 24.9. The maximum absolute atomic E-state index is 10.4. The van der Waals surface area contributed by atoms with Gasteiger partial charge in [-0.15, -0.1) is 0 Å². The number of ether oxygens (including phenoxy) is 6. The molecular formula is C56H84O8. The van der Waals surface area contributed by atoms with Crippen molar-refractivity contribution < 1.29 is 38.6 Å². The van der Waals surface area contributed by atoms with Crippen molar-refractivity contribution in [3.8, 4) is 17.6 Å². The van der Waals surface area contributed by atoms with Crippen LogP contribution in [-0.2, 0) is 36.9 Å². The summed E-state index contributed by atoms with van der Waals surface area (Å²) >= 11 is 0. The third kappa shape index (κ3) is 20.9. The first-order valence-electron chi connectivity index (χ1n) is 24.9. The molecule has 1 aliphatic heterocycles. The highest BCUT2D eigenvalue weighted by atomic mass is 16.7. The molecule has 0 aromatic heterocycles. The summed E-state index contributed by atoms with van der Waals surface area (Å²) in [6, 6.07) is 28.2. The molecule has 2 N–H and O–H groups in total. The fourth-order valence-corrected chi connectivity index (χ4v) is 8.93. The summed E-state index contributed by atoms with van der Waals surface area (Å²) in [4.78, 5) is 0. The molecule has 356 valence electrons. The lowest BCUT2D eigenvalue weighted by molar-refractivity contribution is -0.294. The summed E-state index contributed by atoms with van der Waals surface area (Å²) in [5.41, 5.74) is 3.13. The van der Waals surface area contributed by atoms with E-state index in [9.17, 15) is 10.2 Å². The van der Waals surface area contributed by atoms with Crippen molar-refractivity contribution in [1.82, 2.24) is 0 Å². The van der Waals surface area contributed by atoms with Gasteiger partial charge in [0.2, 0.25) is 6.29 Å². The summed E-state index contributed by atoms with van der Waals surface area (Å²) in [6.45, 7) is 7.29. The number of aliphatic hydroxyl groups is 2. The smallest absolute Gasteiger partial charge is 0.229 e. The quantitative estimate of drug-likeness (QED) is 0.0461. The Morgan fingerprint density at radius 3 is 1.64 bits per heavy atom. The summed E-state index contributed by atoms with van der Waals surface area (Å²) in [7, 11) is 3.46. The van der Waals surface area contributed by atoms with E-state index < -0.39 is 18.5 Å². The fraction of sp³-hybridized carbons (Fsp3) is 0.643. The molecule has 0 aliphatic carbocycles. The van der Waals surface area contributed by atoms with Crippen LogP contribution in [0.15, 0.2) is 84.9 Å². The van der Waals surface area contributed by atoms with Crippen LogP contribution in [0.3, 0.4) is 0 Å². The van der Waals surface area contributed by atoms with Gasteiger partial charge in [-0.05, 0) is 86.8 Å². The summed E-state index contributed by atoms with van der Waals surface area (Å²) in [5.74, 6) is 7.93. The Balaban J connectivity index is 1.02. The average Bonchev–Trinajstić information content (AvgIpc) is 3.30. The van der Waals surface area contributed by atoms with Crippen molar-refractivity contribution in [3.05, 3.63) is 102 Å². The van der Waals surface area contributed by atoms with Crippen LogP contribution in [0.5, 0.6) is 5.75 Å². The maximum atomic E-state index is 10.4. The van der Waals surface area contributed by atoms with Crippen LogP contribution in [0.2, 0.25) is 0 Å². The molecule has 1 heterocycles. The zero-order valence-corrected chi connectivity index (χ0v) is 40.2. The second-order valence-corrected chi connectivity index (χ2v) is 18.1. The van der Waals surface area contributed by atoms with Crippen molar-refractivity contribution in [3.63, 3.8) is 0 Å². The summed E-state index contributed by atoms with van der Waals surface area (Å²) < 4.78 is 37.4. The van der Waals surface area contributed by atoms with Gasteiger partial charge in [0.1, 0.15) is 24.1 Å². The van der Waals surface area contributed by atoms with Gasteiger partial charge < -0.3 is 38.6 Å². The van der Waals surface area contributed by atoms with Crippen LogP contribution >= 0.6 is 0 Å². The van der Waals surface area contributed by atoms with Crippen LogP contribution < -0.4 is 4.74 Å². The van der Waals surface area contributed by atoms with Gasteiger partial charge in [0.25, 0.3) is 0 Å². The number of hydrogen-bond acceptors (Lipinski definition) is 8. The van der Waals surface area contributed by atoms with Crippen LogP contribution in [0.25, 0.3) is 0 Å². The first-order chi connectivity index (χ1) is 31.3. The molecule has 0 unspecified atom stereocenters. The molecule has 0 saturated carbocycles. The van der Waals surface area contributed by atoms with Crippen LogP contribution in [0.4, 0.5) is 0 Å². The minimum Gasteiger partial charge on any atom is -0.462 e. The lowest BCUT2D eigenvalue weighted by Crippen LogP contribution is -2.60. The van der Waals surface area contributed by atoms with Gasteiger partial charge in [-0.3, -0.25) is 0 Å². The summed E-state index contributed by atoms with van der Waals surface area (Å²) in [5, 5.41) is 20.8. The van der Waals surface area contributed by atoms with E-state index in [0.29, 0.717) is 37.4 Å². The van der Waals surface area contributed by atoms with E-state index in [4.69, 9.17) is 28.4 Å². The molecule has 1 aliphatic rings. The number of benzene rings is 3. The standard InChI is InChI=1S/C56H84O8/c1-6-52(59-4)44(2)29-27-28-36-50(58)41-49(57)35-26-18-16-14-12-10-8-7-9-11-13-15-17-21-30-46-37-39-51(40-38-46)64-56-55(60-5)54(62-43-48-33-24-20-25-34-48)53(45(3)63-56)61-42-47-31-22-19-23-32-47/h19-20,22-25,31-34,37-40,44-45,49-50,52-58H,6-18,26-29,35-36,41-43H2,1-5H3/t44-,45-,49+,50+,52+,53-,54+,55+,56-/m0/s1. The van der Waals surface area contributed by atoms with E-state index >= 15 is 0 Å². The molecule has 3 aromatic rings. The monoisotopic (exact) mass is 885 g/mol. The molecule has 0 amide bonds. The van der Waals surface area contributed by atoms with Crippen molar-refractivity contribution in [2.24, 2.45) is 5.92 Å². The van der Waals surface area contributed by atoms with Gasteiger partial charge in [-0.25, -0.2) is 0 Å². The van der Waals surface area contributed by atoms with Gasteiger partial charge in [-0.2, -0.15) is 0 Å². The Morgan fingerprint density at radius 2 is 1.11 bits per heavy atom. The number of aliphatic hydroxyl groups excluding tert-OH is 2. The maximum Gasteiger partial charge on any atom is 0.229 e. The zero-order chi connectivity index (χ0) is 45.6. The zero-order valence-electron chi connectivity index (χ0n) is 40.2. The molecule has 8 nitrogen and oxygen atoms in total. The van der Waals surface area contributed by atoms with Crippen LogP contribution in [0.1, 0.15) is 166 Å². The van der Waals surface area contributed by atoms with Crippen molar-refractivity contribution >= 4 is 0 Å². The molecule has 1 fully saturated rings. The Bertz CT molecular complexity index is 1640. The second-order valence-electron chi connectivity index (χ2n) is 18.1. The number of rotatable bonds is 33. The second kappa shape index (κ2) is 32.4. The van der Waals surface area contributed by atoms with Crippen molar-refractivity contribution in [1.29, 1.82) is 0 Å². The number of unbranched alkanes of at least 4 members (excludes halogenated alkanes) is 13. The highest BCUT2D eigenvalue weighted by Crippen LogP contribution is 2.31. The van der Waals surface area contributed by atoms with Gasteiger partial charge in [0.05, 0.1) is 37.6 Å². The lowest BCUT2D eigenvalue weighted by Gasteiger charge is -2.44. The van der Waals surface area contributed by atoms with E-state index in [1.54, 1.807) is 14.2 Å². The Hall–Kier alpha value is -3.26. The fourth-order valence-electron chi connectivity index (χ4n) is 8.93. The van der Waals surface area contributed by atoms with Gasteiger partial charge in [0, 0.05) is 26.2 Å². The predicted octanol–water partition coefficient (Wildman–Crippen LogP) is 12.5.